The average Bonchev–Trinajstić information content (AvgIpc) is 3.14. The van der Waals surface area contributed by atoms with Gasteiger partial charge in [-0.05, 0) is 37.9 Å². The Hall–Kier alpha value is -0.860. The Bertz CT molecular complexity index is 368. The Morgan fingerprint density at radius 3 is 2.39 bits per heavy atom. The summed E-state index contributed by atoms with van der Waals surface area (Å²) in [5.74, 6) is 0. The van der Waals surface area contributed by atoms with Gasteiger partial charge in [-0.25, -0.2) is 0 Å². The van der Waals surface area contributed by atoms with Crippen molar-refractivity contribution in [2.75, 3.05) is 20.6 Å². The van der Waals surface area contributed by atoms with Crippen molar-refractivity contribution in [2.45, 2.75) is 38.8 Å². The molecular formula is C16H26N2. The summed E-state index contributed by atoms with van der Waals surface area (Å²) < 4.78 is 0. The van der Waals surface area contributed by atoms with Crippen LogP contribution in [-0.4, -0.2) is 31.6 Å². The van der Waals surface area contributed by atoms with E-state index in [4.69, 9.17) is 0 Å². The van der Waals surface area contributed by atoms with Crippen LogP contribution < -0.4 is 5.32 Å². The third-order valence-electron chi connectivity index (χ3n) is 4.03. The van der Waals surface area contributed by atoms with Gasteiger partial charge in [-0.2, -0.15) is 0 Å². The zero-order chi connectivity index (χ0) is 13.2. The molecule has 1 aromatic carbocycles. The van der Waals surface area contributed by atoms with Crippen molar-refractivity contribution in [3.8, 4) is 0 Å². The normalized spacial score (nSPS) is 18.1. The van der Waals surface area contributed by atoms with E-state index in [0.717, 1.165) is 12.6 Å². The van der Waals surface area contributed by atoms with Gasteiger partial charge in [-0.3, -0.25) is 0 Å². The highest BCUT2D eigenvalue weighted by Crippen LogP contribution is 2.36. The number of benzene rings is 1. The minimum Gasteiger partial charge on any atom is -0.313 e. The van der Waals surface area contributed by atoms with E-state index >= 15 is 0 Å². The number of rotatable bonds is 6. The molecule has 0 amide bonds. The fraction of sp³-hybridized carbons (Fsp3) is 0.625. The van der Waals surface area contributed by atoms with Crippen molar-refractivity contribution >= 4 is 0 Å². The summed E-state index contributed by atoms with van der Waals surface area (Å²) in [4.78, 5) is 2.52. The fourth-order valence-corrected chi connectivity index (χ4v) is 3.03. The lowest BCUT2D eigenvalue weighted by Gasteiger charge is -2.38. The molecule has 18 heavy (non-hydrogen) atoms. The smallest absolute Gasteiger partial charge is 0.0381 e. The second-order valence-corrected chi connectivity index (χ2v) is 6.27. The maximum atomic E-state index is 3.50. The summed E-state index contributed by atoms with van der Waals surface area (Å²) in [6.45, 7) is 5.86. The summed E-state index contributed by atoms with van der Waals surface area (Å²) in [6.07, 6.45) is 2.75. The van der Waals surface area contributed by atoms with Gasteiger partial charge in [0.25, 0.3) is 0 Å². The SMILES string of the molecule is CNC(c1ccccc1)C(C)(C)CN(C)C1CC1. The molecule has 0 saturated heterocycles. The lowest BCUT2D eigenvalue weighted by atomic mass is 9.80. The Morgan fingerprint density at radius 2 is 1.89 bits per heavy atom. The molecule has 0 aromatic heterocycles. The van der Waals surface area contributed by atoms with Crippen LogP contribution in [0, 0.1) is 5.41 Å². The molecular weight excluding hydrogens is 220 g/mol. The van der Waals surface area contributed by atoms with Gasteiger partial charge in [-0.1, -0.05) is 44.2 Å². The van der Waals surface area contributed by atoms with Crippen molar-refractivity contribution in [1.29, 1.82) is 0 Å². The van der Waals surface area contributed by atoms with E-state index in [1.54, 1.807) is 0 Å². The number of nitrogens with one attached hydrogen (secondary N) is 1. The quantitative estimate of drug-likeness (QED) is 0.830. The second-order valence-electron chi connectivity index (χ2n) is 6.27. The van der Waals surface area contributed by atoms with E-state index in [9.17, 15) is 0 Å². The summed E-state index contributed by atoms with van der Waals surface area (Å²) in [6, 6.07) is 12.0. The van der Waals surface area contributed by atoms with Crippen LogP contribution in [0.15, 0.2) is 30.3 Å². The zero-order valence-corrected chi connectivity index (χ0v) is 12.1. The molecule has 2 rings (SSSR count). The molecule has 0 aliphatic heterocycles. The first-order valence-corrected chi connectivity index (χ1v) is 6.97. The monoisotopic (exact) mass is 246 g/mol. The fourth-order valence-electron chi connectivity index (χ4n) is 3.03. The maximum absolute atomic E-state index is 3.50. The van der Waals surface area contributed by atoms with E-state index in [1.807, 2.05) is 0 Å². The molecule has 0 radical (unpaired) electrons. The molecule has 1 N–H and O–H groups in total. The first kappa shape index (κ1) is 13.6. The molecule has 1 aliphatic carbocycles. The third kappa shape index (κ3) is 3.12. The average molecular weight is 246 g/mol. The largest absolute Gasteiger partial charge is 0.313 e. The standard InChI is InChI=1S/C16H26N2/c1-16(2,12-18(4)14-10-11-14)15(17-3)13-8-6-5-7-9-13/h5-9,14-15,17H,10-12H2,1-4H3. The Balaban J connectivity index is 2.09. The summed E-state index contributed by atoms with van der Waals surface area (Å²) >= 11 is 0. The van der Waals surface area contributed by atoms with Crippen LogP contribution in [0.3, 0.4) is 0 Å². The van der Waals surface area contributed by atoms with Crippen LogP contribution in [-0.2, 0) is 0 Å². The lowest BCUT2D eigenvalue weighted by molar-refractivity contribution is 0.156. The summed E-state index contributed by atoms with van der Waals surface area (Å²) in [5, 5.41) is 3.50. The molecule has 1 atom stereocenters. The van der Waals surface area contributed by atoms with Crippen molar-refractivity contribution in [2.24, 2.45) is 5.41 Å². The molecule has 0 bridgehead atoms. The topological polar surface area (TPSA) is 15.3 Å². The van der Waals surface area contributed by atoms with Gasteiger partial charge in [0.2, 0.25) is 0 Å². The van der Waals surface area contributed by atoms with Gasteiger partial charge in [0.1, 0.15) is 0 Å². The molecule has 1 unspecified atom stereocenters. The van der Waals surface area contributed by atoms with Gasteiger partial charge >= 0.3 is 0 Å². The molecule has 0 spiro atoms. The van der Waals surface area contributed by atoms with E-state index < -0.39 is 0 Å². The molecule has 2 nitrogen and oxygen atoms in total. The molecule has 0 heterocycles. The molecule has 2 heteroatoms. The first-order chi connectivity index (χ1) is 8.54. The highest BCUT2D eigenvalue weighted by molar-refractivity contribution is 5.21. The predicted molar refractivity (Wildman–Crippen MR) is 77.7 cm³/mol. The Labute approximate surface area is 111 Å². The molecule has 1 aliphatic rings. The van der Waals surface area contributed by atoms with Crippen LogP contribution in [0.2, 0.25) is 0 Å². The van der Waals surface area contributed by atoms with Crippen LogP contribution >= 0.6 is 0 Å². The highest BCUT2D eigenvalue weighted by Gasteiger charge is 2.35. The van der Waals surface area contributed by atoms with Gasteiger partial charge in [0, 0.05) is 18.6 Å². The number of hydrogen-bond acceptors (Lipinski definition) is 2. The summed E-state index contributed by atoms with van der Waals surface area (Å²) in [5.41, 5.74) is 1.61. The van der Waals surface area contributed by atoms with E-state index in [0.29, 0.717) is 6.04 Å². The van der Waals surface area contributed by atoms with Gasteiger partial charge in [0.05, 0.1) is 0 Å². The number of hydrogen-bond donors (Lipinski definition) is 1. The maximum Gasteiger partial charge on any atom is 0.0381 e. The van der Waals surface area contributed by atoms with E-state index in [1.165, 1.54) is 18.4 Å². The van der Waals surface area contributed by atoms with Crippen molar-refractivity contribution < 1.29 is 0 Å². The van der Waals surface area contributed by atoms with Crippen LogP contribution in [0.5, 0.6) is 0 Å². The molecule has 100 valence electrons. The van der Waals surface area contributed by atoms with E-state index in [2.05, 4.69) is 68.5 Å². The molecule has 1 fully saturated rings. The predicted octanol–water partition coefficient (Wildman–Crippen LogP) is 3.07. The molecule has 1 saturated carbocycles. The first-order valence-electron chi connectivity index (χ1n) is 6.97. The number of nitrogens with zero attached hydrogens (tertiary/aromatic N) is 1. The second kappa shape index (κ2) is 5.41. The van der Waals surface area contributed by atoms with Crippen molar-refractivity contribution in [1.82, 2.24) is 10.2 Å². The van der Waals surface area contributed by atoms with Crippen molar-refractivity contribution in [3.05, 3.63) is 35.9 Å². The summed E-state index contributed by atoms with van der Waals surface area (Å²) in [7, 11) is 4.33. The van der Waals surface area contributed by atoms with Crippen LogP contribution in [0.25, 0.3) is 0 Å². The zero-order valence-electron chi connectivity index (χ0n) is 12.1. The minimum atomic E-state index is 0.230. The minimum absolute atomic E-state index is 0.230. The van der Waals surface area contributed by atoms with Gasteiger partial charge < -0.3 is 10.2 Å². The Morgan fingerprint density at radius 1 is 1.28 bits per heavy atom. The highest BCUT2D eigenvalue weighted by atomic mass is 15.2. The molecule has 1 aromatic rings. The van der Waals surface area contributed by atoms with Gasteiger partial charge in [0.15, 0.2) is 0 Å². The van der Waals surface area contributed by atoms with E-state index in [-0.39, 0.29) is 5.41 Å². The third-order valence-corrected chi connectivity index (χ3v) is 4.03. The van der Waals surface area contributed by atoms with Crippen LogP contribution in [0.1, 0.15) is 38.3 Å². The Kier molecular flexibility index (Phi) is 4.08. The van der Waals surface area contributed by atoms with Crippen molar-refractivity contribution in [3.63, 3.8) is 0 Å². The lowest BCUT2D eigenvalue weighted by Crippen LogP contribution is -2.41. The van der Waals surface area contributed by atoms with Crippen LogP contribution in [0.4, 0.5) is 0 Å². The van der Waals surface area contributed by atoms with Gasteiger partial charge in [-0.15, -0.1) is 0 Å².